The Morgan fingerprint density at radius 1 is 0.679 bits per heavy atom. The van der Waals surface area contributed by atoms with E-state index < -0.39 is 6.04 Å². The van der Waals surface area contributed by atoms with Crippen molar-refractivity contribution in [1.29, 1.82) is 5.41 Å². The van der Waals surface area contributed by atoms with Crippen LogP contribution in [0, 0.1) is 5.41 Å². The molecule has 3 rings (SSSR count). The molecule has 3 N–H and O–H groups in total. The predicted molar refractivity (Wildman–Crippen MR) is 122 cm³/mol. The largest absolute Gasteiger partial charge is 0.319 e. The van der Waals surface area contributed by atoms with Gasteiger partial charge in [0.1, 0.15) is 0 Å². The number of rotatable bonds is 2. The number of nitrogens with one attached hydrogen (secondary N) is 1. The summed E-state index contributed by atoms with van der Waals surface area (Å²) in [5.41, 5.74) is 13.8. The summed E-state index contributed by atoms with van der Waals surface area (Å²) in [5, 5.41) is 8.65. The maximum absolute atomic E-state index is 8.65. The van der Waals surface area contributed by atoms with Crippen LogP contribution in [0.15, 0.2) is 60.7 Å². The van der Waals surface area contributed by atoms with Gasteiger partial charge in [-0.25, -0.2) is 0 Å². The first-order chi connectivity index (χ1) is 13.0. The minimum atomic E-state index is -0.414. The van der Waals surface area contributed by atoms with Crippen LogP contribution in [0.4, 0.5) is 0 Å². The van der Waals surface area contributed by atoms with Gasteiger partial charge in [0.15, 0.2) is 0 Å². The number of hydrogen-bond donors (Lipinski definition) is 2. The molecule has 2 nitrogen and oxygen atoms in total. The molecule has 2 aromatic carbocycles. The normalized spacial score (nSPS) is 18.0. The lowest BCUT2D eigenvalue weighted by molar-refractivity contribution is 0.590. The van der Waals surface area contributed by atoms with Crippen LogP contribution in [0.2, 0.25) is 0 Å². The van der Waals surface area contributed by atoms with E-state index in [4.69, 9.17) is 11.1 Å². The van der Waals surface area contributed by atoms with Crippen molar-refractivity contribution in [3.63, 3.8) is 0 Å². The molecule has 0 bridgehead atoms. The van der Waals surface area contributed by atoms with Gasteiger partial charge in [-0.1, -0.05) is 102 Å². The third kappa shape index (κ3) is 4.02. The van der Waals surface area contributed by atoms with Crippen LogP contribution in [0.5, 0.6) is 0 Å². The first kappa shape index (κ1) is 20.3. The van der Waals surface area contributed by atoms with Crippen LogP contribution in [0.25, 0.3) is 11.1 Å². The summed E-state index contributed by atoms with van der Waals surface area (Å²) in [6, 6.07) is 16.7. The highest BCUT2D eigenvalue weighted by Gasteiger charge is 2.24. The topological polar surface area (TPSA) is 49.9 Å². The Labute approximate surface area is 169 Å². The van der Waals surface area contributed by atoms with Crippen molar-refractivity contribution in [2.24, 2.45) is 5.73 Å². The Balaban J connectivity index is 1.92. The van der Waals surface area contributed by atoms with E-state index in [1.807, 2.05) is 6.08 Å². The van der Waals surface area contributed by atoms with Crippen LogP contribution in [-0.4, -0.2) is 11.8 Å². The highest BCUT2D eigenvalue weighted by atomic mass is 14.7. The summed E-state index contributed by atoms with van der Waals surface area (Å²) < 4.78 is 0. The average molecular weight is 373 g/mol. The van der Waals surface area contributed by atoms with Gasteiger partial charge in [0.25, 0.3) is 0 Å². The third-order valence-corrected chi connectivity index (χ3v) is 5.51. The fourth-order valence-electron chi connectivity index (χ4n) is 3.53. The second kappa shape index (κ2) is 7.18. The maximum atomic E-state index is 8.65. The summed E-state index contributed by atoms with van der Waals surface area (Å²) >= 11 is 0. The standard InChI is InChI=1S/C26H32N2/c1-25(2,3)19-11-7-17(8-12-19)21-15-16-22(24(28)23(21)27)18-9-13-20(14-10-18)26(4,5)6/h7-16,23,28H,27H2,1-6H3. The van der Waals surface area contributed by atoms with Gasteiger partial charge < -0.3 is 11.1 Å². The smallest absolute Gasteiger partial charge is 0.0731 e. The number of benzene rings is 2. The molecule has 0 heterocycles. The predicted octanol–water partition coefficient (Wildman–Crippen LogP) is 6.11. The van der Waals surface area contributed by atoms with Crippen LogP contribution in [0.1, 0.15) is 63.8 Å². The molecule has 0 fully saturated rings. The van der Waals surface area contributed by atoms with Gasteiger partial charge in [0, 0.05) is 5.57 Å². The molecule has 2 aromatic rings. The lowest BCUT2D eigenvalue weighted by Crippen LogP contribution is -2.33. The number of allylic oxidation sites excluding steroid dienone is 2. The molecule has 146 valence electrons. The minimum absolute atomic E-state index is 0.121. The van der Waals surface area contributed by atoms with Crippen LogP contribution >= 0.6 is 0 Å². The molecule has 0 aromatic heterocycles. The lowest BCUT2D eigenvalue weighted by Gasteiger charge is -2.25. The molecule has 0 saturated carbocycles. The quantitative estimate of drug-likeness (QED) is 0.656. The molecule has 0 radical (unpaired) electrons. The number of nitrogens with two attached hydrogens (primary N) is 1. The van der Waals surface area contributed by atoms with Gasteiger partial charge in [-0.2, -0.15) is 0 Å². The van der Waals surface area contributed by atoms with Crippen molar-refractivity contribution in [2.45, 2.75) is 58.4 Å². The Kier molecular flexibility index (Phi) is 5.20. The highest BCUT2D eigenvalue weighted by molar-refractivity contribution is 6.29. The highest BCUT2D eigenvalue weighted by Crippen LogP contribution is 2.31. The molecule has 1 aliphatic carbocycles. The Hall–Kier alpha value is -2.45. The van der Waals surface area contributed by atoms with E-state index in [0.717, 1.165) is 22.3 Å². The van der Waals surface area contributed by atoms with Gasteiger partial charge in [0.05, 0.1) is 11.8 Å². The molecule has 1 atom stereocenters. The molecule has 2 heteroatoms. The lowest BCUT2D eigenvalue weighted by atomic mass is 9.82. The maximum Gasteiger partial charge on any atom is 0.0731 e. The van der Waals surface area contributed by atoms with Crippen molar-refractivity contribution >= 4 is 16.9 Å². The number of hydrogen-bond acceptors (Lipinski definition) is 2. The average Bonchev–Trinajstić information content (AvgIpc) is 2.63. The van der Waals surface area contributed by atoms with Crippen LogP contribution in [0.3, 0.4) is 0 Å². The zero-order valence-electron chi connectivity index (χ0n) is 17.9. The Bertz CT molecular complexity index is 928. The van der Waals surface area contributed by atoms with E-state index in [0.29, 0.717) is 5.71 Å². The molecule has 0 saturated heterocycles. The summed E-state index contributed by atoms with van der Waals surface area (Å²) in [7, 11) is 0. The van der Waals surface area contributed by atoms with E-state index in [1.54, 1.807) is 0 Å². The first-order valence-electron chi connectivity index (χ1n) is 9.96. The molecule has 1 aliphatic rings. The van der Waals surface area contributed by atoms with E-state index in [2.05, 4.69) is 96.1 Å². The van der Waals surface area contributed by atoms with Crippen molar-refractivity contribution < 1.29 is 0 Å². The summed E-state index contributed by atoms with van der Waals surface area (Å²) in [6.45, 7) is 13.3. The van der Waals surface area contributed by atoms with Gasteiger partial charge in [-0.3, -0.25) is 0 Å². The van der Waals surface area contributed by atoms with Crippen molar-refractivity contribution in [1.82, 2.24) is 0 Å². The van der Waals surface area contributed by atoms with Crippen molar-refractivity contribution in [2.75, 3.05) is 0 Å². The van der Waals surface area contributed by atoms with E-state index >= 15 is 0 Å². The second-order valence-corrected chi connectivity index (χ2v) is 9.75. The van der Waals surface area contributed by atoms with Gasteiger partial charge in [-0.05, 0) is 38.7 Å². The Morgan fingerprint density at radius 3 is 1.54 bits per heavy atom. The fraction of sp³-hybridized carbons (Fsp3) is 0.346. The van der Waals surface area contributed by atoms with Gasteiger partial charge in [-0.15, -0.1) is 0 Å². The van der Waals surface area contributed by atoms with E-state index in [1.165, 1.54) is 11.1 Å². The van der Waals surface area contributed by atoms with E-state index in [9.17, 15) is 0 Å². The van der Waals surface area contributed by atoms with Crippen LogP contribution < -0.4 is 5.73 Å². The van der Waals surface area contributed by atoms with Gasteiger partial charge in [0.2, 0.25) is 0 Å². The monoisotopic (exact) mass is 372 g/mol. The van der Waals surface area contributed by atoms with Crippen molar-refractivity contribution in [3.05, 3.63) is 82.9 Å². The zero-order valence-corrected chi connectivity index (χ0v) is 17.9. The zero-order chi connectivity index (χ0) is 20.7. The molecular weight excluding hydrogens is 340 g/mol. The second-order valence-electron chi connectivity index (χ2n) is 9.75. The van der Waals surface area contributed by atoms with E-state index in [-0.39, 0.29) is 10.8 Å². The SMILES string of the molecule is CC(C)(C)c1ccc(C2=CC=C(c3ccc(C(C)(C)C)cc3)C(N)C2=N)cc1. The van der Waals surface area contributed by atoms with Gasteiger partial charge >= 0.3 is 0 Å². The summed E-state index contributed by atoms with van der Waals surface area (Å²) in [5.74, 6) is 0. The summed E-state index contributed by atoms with van der Waals surface area (Å²) in [4.78, 5) is 0. The molecule has 0 aliphatic heterocycles. The molecule has 28 heavy (non-hydrogen) atoms. The van der Waals surface area contributed by atoms with Crippen molar-refractivity contribution in [3.8, 4) is 0 Å². The Morgan fingerprint density at radius 2 is 1.11 bits per heavy atom. The van der Waals surface area contributed by atoms with Crippen LogP contribution in [-0.2, 0) is 10.8 Å². The fourth-order valence-corrected chi connectivity index (χ4v) is 3.53. The third-order valence-electron chi connectivity index (χ3n) is 5.51. The molecular formula is C26H32N2. The first-order valence-corrected chi connectivity index (χ1v) is 9.96. The molecule has 0 spiro atoms. The minimum Gasteiger partial charge on any atom is -0.319 e. The molecule has 0 amide bonds. The summed E-state index contributed by atoms with van der Waals surface area (Å²) in [6.07, 6.45) is 4.10. The molecule has 1 unspecified atom stereocenters.